The zero-order valence-electron chi connectivity index (χ0n) is 11.3. The zero-order chi connectivity index (χ0) is 13.7. The summed E-state index contributed by atoms with van der Waals surface area (Å²) in [6.07, 6.45) is 5.13. The van der Waals surface area contributed by atoms with Crippen molar-refractivity contribution in [2.24, 2.45) is 5.92 Å². The van der Waals surface area contributed by atoms with Gasteiger partial charge in [-0.25, -0.2) is 0 Å². The summed E-state index contributed by atoms with van der Waals surface area (Å²) in [7, 11) is 0. The number of hydrogen-bond donors (Lipinski definition) is 2. The summed E-state index contributed by atoms with van der Waals surface area (Å²) in [6.45, 7) is 2.65. The molecule has 0 spiro atoms. The highest BCUT2D eigenvalue weighted by atomic mass is 16.5. The van der Waals surface area contributed by atoms with E-state index in [0.29, 0.717) is 18.5 Å². The van der Waals surface area contributed by atoms with Gasteiger partial charge in [0.15, 0.2) is 5.82 Å². The average molecular weight is 267 g/mol. The van der Waals surface area contributed by atoms with Gasteiger partial charge >= 0.3 is 5.97 Å². The molecule has 2 N–H and O–H groups in total. The molecule has 106 valence electrons. The molecule has 6 heteroatoms. The number of hydrogen-bond acceptors (Lipinski definition) is 5. The minimum atomic E-state index is -0.667. The van der Waals surface area contributed by atoms with E-state index in [1.807, 2.05) is 0 Å². The van der Waals surface area contributed by atoms with E-state index in [9.17, 15) is 4.79 Å². The van der Waals surface area contributed by atoms with Gasteiger partial charge in [0, 0.05) is 12.5 Å². The van der Waals surface area contributed by atoms with Crippen LogP contribution in [0.2, 0.25) is 0 Å². The molecule has 0 saturated heterocycles. The third kappa shape index (κ3) is 4.02. The molecule has 1 aromatic rings. The van der Waals surface area contributed by atoms with Gasteiger partial charge in [-0.2, -0.15) is 4.98 Å². The third-order valence-electron chi connectivity index (χ3n) is 3.60. The topological polar surface area (TPSA) is 88.2 Å². The Morgan fingerprint density at radius 1 is 1.42 bits per heavy atom. The first kappa shape index (κ1) is 14.0. The Morgan fingerprint density at radius 3 is 2.79 bits per heavy atom. The predicted octanol–water partition coefficient (Wildman–Crippen LogP) is 1.76. The third-order valence-corrected chi connectivity index (χ3v) is 3.60. The Kier molecular flexibility index (Phi) is 4.90. The monoisotopic (exact) mass is 267 g/mol. The van der Waals surface area contributed by atoms with Gasteiger partial charge in [-0.3, -0.25) is 4.79 Å². The predicted molar refractivity (Wildman–Crippen MR) is 68.5 cm³/mol. The van der Waals surface area contributed by atoms with Crippen LogP contribution in [0.25, 0.3) is 0 Å². The second-order valence-electron chi connectivity index (χ2n) is 5.12. The largest absolute Gasteiger partial charge is 0.481 e. The molecule has 0 aliphatic heterocycles. The number of nitrogens with zero attached hydrogens (tertiary/aromatic N) is 2. The number of aliphatic carboxylic acids is 1. The molecule has 0 unspecified atom stereocenters. The number of rotatable bonds is 6. The number of aromatic nitrogens is 2. The summed E-state index contributed by atoms with van der Waals surface area (Å²) >= 11 is 0. The number of carboxylic acid groups (broad SMARTS) is 1. The van der Waals surface area contributed by atoms with Gasteiger partial charge in [-0.05, 0) is 32.1 Å². The molecular weight excluding hydrogens is 246 g/mol. The van der Waals surface area contributed by atoms with Gasteiger partial charge in [0.25, 0.3) is 0 Å². The van der Waals surface area contributed by atoms with Crippen LogP contribution in [0.1, 0.15) is 50.7 Å². The van der Waals surface area contributed by atoms with Crippen LogP contribution in [0, 0.1) is 5.92 Å². The molecule has 0 radical (unpaired) electrons. The Balaban J connectivity index is 1.72. The van der Waals surface area contributed by atoms with E-state index >= 15 is 0 Å². The molecule has 1 aliphatic rings. The van der Waals surface area contributed by atoms with Crippen molar-refractivity contribution >= 4 is 5.97 Å². The number of aryl methyl sites for hydroxylation is 1. The van der Waals surface area contributed by atoms with Crippen molar-refractivity contribution < 1.29 is 14.4 Å². The Hall–Kier alpha value is -1.43. The summed E-state index contributed by atoms with van der Waals surface area (Å²) in [5, 5.41) is 16.2. The van der Waals surface area contributed by atoms with Gasteiger partial charge in [0.2, 0.25) is 5.89 Å². The highest BCUT2D eigenvalue weighted by molar-refractivity contribution is 5.70. The first-order valence-corrected chi connectivity index (χ1v) is 6.96. The van der Waals surface area contributed by atoms with Crippen LogP contribution in [-0.2, 0) is 17.8 Å². The van der Waals surface area contributed by atoms with E-state index in [4.69, 9.17) is 9.63 Å². The van der Waals surface area contributed by atoms with Crippen molar-refractivity contribution in [1.29, 1.82) is 0 Å². The van der Waals surface area contributed by atoms with Gasteiger partial charge in [-0.15, -0.1) is 0 Å². The van der Waals surface area contributed by atoms with Crippen LogP contribution >= 0.6 is 0 Å². The minimum Gasteiger partial charge on any atom is -0.481 e. The molecular formula is C13H21N3O3. The molecule has 1 aliphatic carbocycles. The Morgan fingerprint density at radius 2 is 2.16 bits per heavy atom. The molecule has 1 aromatic heterocycles. The molecule has 0 atom stereocenters. The van der Waals surface area contributed by atoms with Crippen LogP contribution in [0.4, 0.5) is 0 Å². The van der Waals surface area contributed by atoms with E-state index in [1.165, 1.54) is 0 Å². The highest BCUT2D eigenvalue weighted by Crippen LogP contribution is 2.24. The van der Waals surface area contributed by atoms with Gasteiger partial charge < -0.3 is 14.9 Å². The number of carbonyl (C=O) groups is 1. The van der Waals surface area contributed by atoms with E-state index in [1.54, 1.807) is 0 Å². The highest BCUT2D eigenvalue weighted by Gasteiger charge is 2.25. The van der Waals surface area contributed by atoms with Crippen LogP contribution in [0.3, 0.4) is 0 Å². The fourth-order valence-electron chi connectivity index (χ4n) is 2.46. The van der Waals surface area contributed by atoms with Crippen molar-refractivity contribution in [2.75, 3.05) is 0 Å². The van der Waals surface area contributed by atoms with Crippen LogP contribution < -0.4 is 5.32 Å². The quantitative estimate of drug-likeness (QED) is 0.816. The lowest BCUT2D eigenvalue weighted by atomic mass is 9.86. The molecule has 1 saturated carbocycles. The maximum atomic E-state index is 10.9. The summed E-state index contributed by atoms with van der Waals surface area (Å²) in [6, 6.07) is 0.358. The number of nitrogens with one attached hydrogen (secondary N) is 1. The van der Waals surface area contributed by atoms with Crippen LogP contribution in [0.5, 0.6) is 0 Å². The van der Waals surface area contributed by atoms with E-state index < -0.39 is 5.97 Å². The second kappa shape index (κ2) is 6.65. The van der Waals surface area contributed by atoms with Crippen molar-refractivity contribution in [1.82, 2.24) is 15.5 Å². The maximum Gasteiger partial charge on any atom is 0.306 e. The van der Waals surface area contributed by atoms with Crippen molar-refractivity contribution in [3.05, 3.63) is 11.7 Å². The summed E-state index contributed by atoms with van der Waals surface area (Å²) in [4.78, 5) is 15.1. The molecule has 1 heterocycles. The molecule has 1 fully saturated rings. The summed E-state index contributed by atoms with van der Waals surface area (Å²) < 4.78 is 5.15. The Bertz CT molecular complexity index is 411. The molecule has 0 aromatic carbocycles. The number of carboxylic acids is 1. The van der Waals surface area contributed by atoms with Crippen molar-refractivity contribution in [3.63, 3.8) is 0 Å². The normalized spacial score (nSPS) is 23.4. The van der Waals surface area contributed by atoms with Crippen LogP contribution in [0.15, 0.2) is 4.52 Å². The van der Waals surface area contributed by atoms with E-state index in [2.05, 4.69) is 22.4 Å². The average Bonchev–Trinajstić information content (AvgIpc) is 2.85. The SMILES string of the molecule is CCCc1noc(CNC2CCC(C(=O)O)CC2)n1. The zero-order valence-corrected chi connectivity index (χ0v) is 11.3. The first-order valence-electron chi connectivity index (χ1n) is 6.96. The summed E-state index contributed by atoms with van der Waals surface area (Å²) in [5.41, 5.74) is 0. The lowest BCUT2D eigenvalue weighted by Gasteiger charge is -2.26. The van der Waals surface area contributed by atoms with Crippen LogP contribution in [-0.4, -0.2) is 27.3 Å². The second-order valence-corrected chi connectivity index (χ2v) is 5.12. The van der Waals surface area contributed by atoms with E-state index in [0.717, 1.165) is 44.3 Å². The molecule has 6 nitrogen and oxygen atoms in total. The lowest BCUT2D eigenvalue weighted by molar-refractivity contribution is -0.142. The minimum absolute atomic E-state index is 0.169. The summed E-state index contributed by atoms with van der Waals surface area (Å²) in [5.74, 6) is 0.537. The lowest BCUT2D eigenvalue weighted by Crippen LogP contribution is -2.34. The van der Waals surface area contributed by atoms with Gasteiger partial charge in [0.1, 0.15) is 0 Å². The van der Waals surface area contributed by atoms with Crippen molar-refractivity contribution in [3.8, 4) is 0 Å². The van der Waals surface area contributed by atoms with Gasteiger partial charge in [-0.1, -0.05) is 12.1 Å². The molecule has 2 rings (SSSR count). The molecule has 0 bridgehead atoms. The van der Waals surface area contributed by atoms with Gasteiger partial charge in [0.05, 0.1) is 12.5 Å². The standard InChI is InChI=1S/C13H21N3O3/c1-2-3-11-15-12(19-16-11)8-14-10-6-4-9(5-7-10)13(17)18/h9-10,14H,2-8H2,1H3,(H,17,18). The fraction of sp³-hybridized carbons (Fsp3) is 0.769. The van der Waals surface area contributed by atoms with E-state index in [-0.39, 0.29) is 5.92 Å². The van der Waals surface area contributed by atoms with Crippen molar-refractivity contribution in [2.45, 2.75) is 58.0 Å². The first-order chi connectivity index (χ1) is 9.19. The molecule has 0 amide bonds. The smallest absolute Gasteiger partial charge is 0.306 e. The molecule has 19 heavy (non-hydrogen) atoms. The Labute approximate surface area is 112 Å². The fourth-order valence-corrected chi connectivity index (χ4v) is 2.46. The maximum absolute atomic E-state index is 10.9.